The van der Waals surface area contributed by atoms with Gasteiger partial charge in [0, 0.05) is 23.9 Å². The van der Waals surface area contributed by atoms with E-state index in [4.69, 9.17) is 0 Å². The van der Waals surface area contributed by atoms with E-state index < -0.39 is 0 Å². The highest BCUT2D eigenvalue weighted by atomic mass is 32.1. The van der Waals surface area contributed by atoms with Crippen LogP contribution in [0.1, 0.15) is 60.3 Å². The van der Waals surface area contributed by atoms with Crippen LogP contribution in [-0.4, -0.2) is 29.8 Å². The molecule has 2 fully saturated rings. The second kappa shape index (κ2) is 6.17. The topological polar surface area (TPSA) is 49.4 Å². The van der Waals surface area contributed by atoms with Crippen LogP contribution in [0.4, 0.5) is 5.00 Å². The Balaban J connectivity index is 1.67. The average molecular weight is 346 g/mol. The SMILES string of the molecule is CC1CCc2sc(NC(=O)C3CC3)c(C(=O)N3CCC(C)C3)c2C1. The zero-order valence-corrected chi connectivity index (χ0v) is 15.4. The molecule has 0 spiro atoms. The maximum Gasteiger partial charge on any atom is 0.257 e. The summed E-state index contributed by atoms with van der Waals surface area (Å²) in [5.41, 5.74) is 2.03. The number of aryl methyl sites for hydroxylation is 1. The monoisotopic (exact) mass is 346 g/mol. The molecular formula is C19H26N2O2S. The summed E-state index contributed by atoms with van der Waals surface area (Å²) in [6.07, 6.45) is 6.24. The number of rotatable bonds is 3. The molecule has 1 aromatic rings. The van der Waals surface area contributed by atoms with Gasteiger partial charge in [0.25, 0.3) is 5.91 Å². The summed E-state index contributed by atoms with van der Waals surface area (Å²) in [5, 5.41) is 3.91. The smallest absolute Gasteiger partial charge is 0.257 e. The molecule has 1 saturated carbocycles. The first kappa shape index (κ1) is 16.1. The van der Waals surface area contributed by atoms with Gasteiger partial charge in [0.05, 0.1) is 5.56 Å². The van der Waals surface area contributed by atoms with Crippen molar-refractivity contribution in [2.24, 2.45) is 17.8 Å². The Morgan fingerprint density at radius 1 is 1.12 bits per heavy atom. The van der Waals surface area contributed by atoms with Gasteiger partial charge in [0.1, 0.15) is 5.00 Å². The summed E-state index contributed by atoms with van der Waals surface area (Å²) in [6.45, 7) is 6.15. The molecule has 130 valence electrons. The molecule has 1 N–H and O–H groups in total. The minimum absolute atomic E-state index is 0.102. The van der Waals surface area contributed by atoms with Crippen LogP contribution in [0.3, 0.4) is 0 Å². The number of hydrogen-bond acceptors (Lipinski definition) is 3. The third-order valence-corrected chi connectivity index (χ3v) is 6.82. The van der Waals surface area contributed by atoms with E-state index in [0.29, 0.717) is 11.8 Å². The lowest BCUT2D eigenvalue weighted by molar-refractivity contribution is -0.117. The van der Waals surface area contributed by atoms with E-state index in [9.17, 15) is 9.59 Å². The highest BCUT2D eigenvalue weighted by Crippen LogP contribution is 2.41. The summed E-state index contributed by atoms with van der Waals surface area (Å²) >= 11 is 1.65. The van der Waals surface area contributed by atoms with Gasteiger partial charge in [-0.15, -0.1) is 11.3 Å². The van der Waals surface area contributed by atoms with Crippen molar-refractivity contribution in [3.63, 3.8) is 0 Å². The zero-order chi connectivity index (χ0) is 16.8. The molecule has 4 rings (SSSR count). The number of nitrogens with one attached hydrogen (secondary N) is 1. The van der Waals surface area contributed by atoms with Crippen molar-refractivity contribution in [1.82, 2.24) is 4.90 Å². The Morgan fingerprint density at radius 2 is 1.92 bits per heavy atom. The fourth-order valence-corrected chi connectivity index (χ4v) is 5.15. The minimum Gasteiger partial charge on any atom is -0.338 e. The molecule has 3 aliphatic rings. The van der Waals surface area contributed by atoms with Crippen LogP contribution in [0, 0.1) is 17.8 Å². The van der Waals surface area contributed by atoms with Gasteiger partial charge in [-0.2, -0.15) is 0 Å². The second-order valence-corrected chi connectivity index (χ2v) is 9.07. The van der Waals surface area contributed by atoms with Crippen molar-refractivity contribution in [3.8, 4) is 0 Å². The number of fused-ring (bicyclic) bond motifs is 1. The number of thiophene rings is 1. The van der Waals surface area contributed by atoms with E-state index in [2.05, 4.69) is 19.2 Å². The zero-order valence-electron chi connectivity index (χ0n) is 14.6. The highest BCUT2D eigenvalue weighted by molar-refractivity contribution is 7.17. The van der Waals surface area contributed by atoms with Gasteiger partial charge in [-0.3, -0.25) is 9.59 Å². The van der Waals surface area contributed by atoms with E-state index in [1.165, 1.54) is 16.9 Å². The van der Waals surface area contributed by atoms with E-state index in [0.717, 1.165) is 55.8 Å². The first-order valence-corrected chi connectivity index (χ1v) is 10.1. The standard InChI is InChI=1S/C19H26N2O2S/c1-11-3-6-15-14(9-11)16(19(23)21-8-7-12(2)10-21)18(24-15)20-17(22)13-4-5-13/h11-13H,3-10H2,1-2H3,(H,20,22). The molecule has 1 aliphatic heterocycles. The Labute approximate surface area is 147 Å². The van der Waals surface area contributed by atoms with Crippen LogP contribution >= 0.6 is 11.3 Å². The Bertz CT molecular complexity index is 677. The molecule has 2 unspecified atom stereocenters. The molecule has 2 aliphatic carbocycles. The van der Waals surface area contributed by atoms with Crippen LogP contribution in [0.2, 0.25) is 0 Å². The normalized spacial score (nSPS) is 26.3. The number of amides is 2. The summed E-state index contributed by atoms with van der Waals surface area (Å²) in [7, 11) is 0. The van der Waals surface area contributed by atoms with Crippen molar-refractivity contribution < 1.29 is 9.59 Å². The summed E-state index contributed by atoms with van der Waals surface area (Å²) in [6, 6.07) is 0. The number of carbonyl (C=O) groups is 2. The Kier molecular flexibility index (Phi) is 4.15. The largest absolute Gasteiger partial charge is 0.338 e. The van der Waals surface area contributed by atoms with Crippen molar-refractivity contribution >= 4 is 28.2 Å². The minimum atomic E-state index is 0.102. The number of likely N-dealkylation sites (tertiary alicyclic amines) is 1. The van der Waals surface area contributed by atoms with Crippen molar-refractivity contribution in [2.75, 3.05) is 18.4 Å². The fraction of sp³-hybridized carbons (Fsp3) is 0.684. The molecule has 0 aromatic carbocycles. The molecular weight excluding hydrogens is 320 g/mol. The quantitative estimate of drug-likeness (QED) is 0.907. The van der Waals surface area contributed by atoms with Crippen molar-refractivity contribution in [2.45, 2.75) is 52.4 Å². The van der Waals surface area contributed by atoms with Crippen LogP contribution in [-0.2, 0) is 17.6 Å². The maximum atomic E-state index is 13.2. The molecule has 1 aromatic heterocycles. The van der Waals surface area contributed by atoms with E-state index in [1.807, 2.05) is 4.90 Å². The van der Waals surface area contributed by atoms with Gasteiger partial charge < -0.3 is 10.2 Å². The Hall–Kier alpha value is -1.36. The van der Waals surface area contributed by atoms with Crippen molar-refractivity contribution in [1.29, 1.82) is 0 Å². The van der Waals surface area contributed by atoms with Crippen LogP contribution in [0.5, 0.6) is 0 Å². The lowest BCUT2D eigenvalue weighted by atomic mass is 9.87. The molecule has 5 heteroatoms. The fourth-order valence-electron chi connectivity index (χ4n) is 3.91. The van der Waals surface area contributed by atoms with Crippen LogP contribution in [0.25, 0.3) is 0 Å². The van der Waals surface area contributed by atoms with Gasteiger partial charge in [-0.1, -0.05) is 13.8 Å². The predicted molar refractivity (Wildman–Crippen MR) is 96.5 cm³/mol. The van der Waals surface area contributed by atoms with E-state index in [1.54, 1.807) is 11.3 Å². The van der Waals surface area contributed by atoms with Gasteiger partial charge in [0.2, 0.25) is 5.91 Å². The summed E-state index contributed by atoms with van der Waals surface area (Å²) in [5.74, 6) is 1.59. The lowest BCUT2D eigenvalue weighted by Crippen LogP contribution is -2.30. The van der Waals surface area contributed by atoms with Crippen molar-refractivity contribution in [3.05, 3.63) is 16.0 Å². The Morgan fingerprint density at radius 3 is 2.58 bits per heavy atom. The molecule has 0 bridgehead atoms. The maximum absolute atomic E-state index is 13.2. The number of anilines is 1. The number of nitrogens with zero attached hydrogens (tertiary/aromatic N) is 1. The molecule has 1 saturated heterocycles. The third kappa shape index (κ3) is 2.99. The second-order valence-electron chi connectivity index (χ2n) is 7.96. The average Bonchev–Trinajstić information content (AvgIpc) is 3.22. The van der Waals surface area contributed by atoms with Gasteiger partial charge in [-0.25, -0.2) is 0 Å². The summed E-state index contributed by atoms with van der Waals surface area (Å²) < 4.78 is 0. The van der Waals surface area contributed by atoms with Crippen LogP contribution in [0.15, 0.2) is 0 Å². The molecule has 2 atom stereocenters. The molecule has 2 heterocycles. The third-order valence-electron chi connectivity index (χ3n) is 5.62. The number of hydrogen-bond donors (Lipinski definition) is 1. The first-order chi connectivity index (χ1) is 11.5. The van der Waals surface area contributed by atoms with Crippen LogP contribution < -0.4 is 5.32 Å². The van der Waals surface area contributed by atoms with Gasteiger partial charge >= 0.3 is 0 Å². The number of carbonyl (C=O) groups excluding carboxylic acids is 2. The molecule has 4 nitrogen and oxygen atoms in total. The van der Waals surface area contributed by atoms with E-state index >= 15 is 0 Å². The molecule has 24 heavy (non-hydrogen) atoms. The van der Waals surface area contributed by atoms with E-state index in [-0.39, 0.29) is 17.7 Å². The molecule has 2 amide bonds. The first-order valence-electron chi connectivity index (χ1n) is 9.27. The van der Waals surface area contributed by atoms with Gasteiger partial charge in [-0.05, 0) is 55.9 Å². The molecule has 0 radical (unpaired) electrons. The highest BCUT2D eigenvalue weighted by Gasteiger charge is 2.35. The summed E-state index contributed by atoms with van der Waals surface area (Å²) in [4.78, 5) is 28.8. The predicted octanol–water partition coefficient (Wildman–Crippen LogP) is 3.70. The lowest BCUT2D eigenvalue weighted by Gasteiger charge is -2.22. The van der Waals surface area contributed by atoms with Gasteiger partial charge in [0.15, 0.2) is 0 Å².